The molecule has 0 amide bonds. The summed E-state index contributed by atoms with van der Waals surface area (Å²) in [4.78, 5) is 23.7. The first-order chi connectivity index (χ1) is 9.45. The number of rotatable bonds is 4. The lowest BCUT2D eigenvalue weighted by Crippen LogP contribution is -2.36. The predicted octanol–water partition coefficient (Wildman–Crippen LogP) is 2.10. The molecule has 7 nitrogen and oxygen atoms in total. The molecule has 0 bridgehead atoms. The second-order valence-corrected chi connectivity index (χ2v) is 5.51. The van der Waals surface area contributed by atoms with Crippen molar-refractivity contribution < 1.29 is 9.72 Å². The molecule has 0 atom stereocenters. The molecule has 0 saturated carbocycles. The average Bonchev–Trinajstić information content (AvgIpc) is 2.76. The highest BCUT2D eigenvalue weighted by Crippen LogP contribution is 2.35. The summed E-state index contributed by atoms with van der Waals surface area (Å²) >= 11 is 0. The van der Waals surface area contributed by atoms with Crippen LogP contribution in [-0.2, 0) is 4.79 Å². The molecule has 0 aliphatic carbocycles. The Morgan fingerprint density at radius 3 is 2.45 bits per heavy atom. The number of carbonyl (C=O) groups is 1. The minimum Gasteiger partial charge on any atom is -0.351 e. The van der Waals surface area contributed by atoms with Gasteiger partial charge in [0, 0.05) is 25.0 Å². The van der Waals surface area contributed by atoms with Crippen LogP contribution in [0.4, 0.5) is 11.5 Å². The molecule has 110 valence electrons. The van der Waals surface area contributed by atoms with Gasteiger partial charge in [0.05, 0.1) is 4.92 Å². The van der Waals surface area contributed by atoms with Crippen LogP contribution in [0.15, 0.2) is 0 Å². The topological polar surface area (TPSA) is 81.3 Å². The van der Waals surface area contributed by atoms with E-state index in [1.165, 1.54) is 0 Å². The van der Waals surface area contributed by atoms with Gasteiger partial charge in [0.15, 0.2) is 0 Å². The number of nitro groups is 1. The fraction of sp³-hybridized carbons (Fsp3) is 0.692. The highest BCUT2D eigenvalue weighted by atomic mass is 16.6. The second-order valence-electron chi connectivity index (χ2n) is 5.51. The number of hydrogen-bond acceptors (Lipinski definition) is 5. The predicted molar refractivity (Wildman–Crippen MR) is 75.0 cm³/mol. The van der Waals surface area contributed by atoms with Gasteiger partial charge < -0.3 is 9.69 Å². The van der Waals surface area contributed by atoms with E-state index in [0.717, 1.165) is 19.1 Å². The van der Waals surface area contributed by atoms with Crippen LogP contribution in [0.3, 0.4) is 0 Å². The summed E-state index contributed by atoms with van der Waals surface area (Å²) in [6.07, 6.45) is 2.46. The lowest BCUT2D eigenvalue weighted by atomic mass is 9.98. The largest absolute Gasteiger partial charge is 0.351 e. The molecular weight excluding hydrogens is 260 g/mol. The van der Waals surface area contributed by atoms with E-state index >= 15 is 0 Å². The first kappa shape index (κ1) is 14.5. The Morgan fingerprint density at radius 2 is 2.00 bits per heavy atom. The van der Waals surface area contributed by atoms with Crippen molar-refractivity contribution in [2.24, 2.45) is 5.92 Å². The van der Waals surface area contributed by atoms with E-state index in [2.05, 4.69) is 5.10 Å². The molecule has 1 saturated heterocycles. The molecule has 20 heavy (non-hydrogen) atoms. The summed E-state index contributed by atoms with van der Waals surface area (Å²) in [5, 5.41) is 15.6. The maximum atomic E-state index is 11.3. The van der Waals surface area contributed by atoms with Crippen molar-refractivity contribution in [3.05, 3.63) is 15.8 Å². The Balaban J connectivity index is 2.39. The number of hydrogen-bond donors (Lipinski definition) is 0. The van der Waals surface area contributed by atoms with Crippen LogP contribution < -0.4 is 4.90 Å². The summed E-state index contributed by atoms with van der Waals surface area (Å²) in [5.41, 5.74) is 0.527. The zero-order chi connectivity index (χ0) is 14.9. The van der Waals surface area contributed by atoms with Gasteiger partial charge in [-0.15, -0.1) is 0 Å². The number of aromatic nitrogens is 2. The second kappa shape index (κ2) is 5.60. The number of piperidine rings is 1. The van der Waals surface area contributed by atoms with E-state index in [0.29, 0.717) is 24.6 Å². The minimum atomic E-state index is -0.359. The average molecular weight is 280 g/mol. The van der Waals surface area contributed by atoms with Crippen LogP contribution in [0.2, 0.25) is 0 Å². The highest BCUT2D eigenvalue weighted by Gasteiger charge is 2.32. The Morgan fingerprint density at radius 1 is 1.40 bits per heavy atom. The van der Waals surface area contributed by atoms with Gasteiger partial charge in [-0.1, -0.05) is 0 Å². The van der Waals surface area contributed by atoms with Crippen molar-refractivity contribution in [1.82, 2.24) is 9.78 Å². The van der Waals surface area contributed by atoms with E-state index in [1.807, 2.05) is 18.7 Å². The van der Waals surface area contributed by atoms with E-state index in [4.69, 9.17) is 0 Å². The maximum Gasteiger partial charge on any atom is 0.333 e. The van der Waals surface area contributed by atoms with Crippen molar-refractivity contribution >= 4 is 17.8 Å². The normalized spacial score (nSPS) is 16.7. The third-order valence-electron chi connectivity index (χ3n) is 3.73. The molecule has 1 aliphatic heterocycles. The molecule has 1 aromatic heterocycles. The van der Waals surface area contributed by atoms with Crippen LogP contribution in [0.25, 0.3) is 0 Å². The zero-order valence-corrected chi connectivity index (χ0v) is 12.1. The first-order valence-corrected chi connectivity index (χ1v) is 6.89. The molecule has 7 heteroatoms. The van der Waals surface area contributed by atoms with Gasteiger partial charge in [0.2, 0.25) is 5.82 Å². The molecule has 0 aromatic carbocycles. The van der Waals surface area contributed by atoms with Gasteiger partial charge in [-0.2, -0.15) is 5.10 Å². The van der Waals surface area contributed by atoms with Crippen LogP contribution in [0, 0.1) is 23.0 Å². The summed E-state index contributed by atoms with van der Waals surface area (Å²) in [5.74, 6) is 0.647. The fourth-order valence-electron chi connectivity index (χ4n) is 2.64. The van der Waals surface area contributed by atoms with E-state index in [1.54, 1.807) is 11.6 Å². The number of nitrogens with zero attached hydrogens (tertiary/aromatic N) is 4. The molecule has 2 rings (SSSR count). The molecule has 0 unspecified atom stereocenters. The standard InChI is InChI=1S/C13H20N4O3/c1-9(2)16-13(12(17(19)20)10(3)14-16)15-6-4-11(8-18)5-7-15/h8-9,11H,4-7H2,1-3H3. The van der Waals surface area contributed by atoms with Gasteiger partial charge >= 0.3 is 5.69 Å². The summed E-state index contributed by atoms with van der Waals surface area (Å²) in [6.45, 7) is 6.89. The van der Waals surface area contributed by atoms with Crippen molar-refractivity contribution in [1.29, 1.82) is 0 Å². The molecule has 0 N–H and O–H groups in total. The third kappa shape index (κ3) is 2.52. The number of aryl methyl sites for hydroxylation is 1. The van der Waals surface area contributed by atoms with E-state index in [9.17, 15) is 14.9 Å². The molecule has 1 fully saturated rings. The fourth-order valence-corrected chi connectivity index (χ4v) is 2.64. The number of aldehydes is 1. The highest BCUT2D eigenvalue weighted by molar-refractivity contribution is 5.62. The monoisotopic (exact) mass is 280 g/mol. The Hall–Kier alpha value is -1.92. The maximum absolute atomic E-state index is 11.3. The molecule has 2 heterocycles. The first-order valence-electron chi connectivity index (χ1n) is 6.89. The Labute approximate surface area is 117 Å². The zero-order valence-electron chi connectivity index (χ0n) is 12.1. The molecule has 0 spiro atoms. The number of carbonyl (C=O) groups excluding carboxylic acids is 1. The van der Waals surface area contributed by atoms with Crippen molar-refractivity contribution in [3.63, 3.8) is 0 Å². The van der Waals surface area contributed by atoms with Gasteiger partial charge in [-0.3, -0.25) is 10.1 Å². The third-order valence-corrected chi connectivity index (χ3v) is 3.73. The van der Waals surface area contributed by atoms with Crippen LogP contribution >= 0.6 is 0 Å². The quantitative estimate of drug-likeness (QED) is 0.479. The molecular formula is C13H20N4O3. The molecule has 1 aromatic rings. The number of anilines is 1. The van der Waals surface area contributed by atoms with Crippen molar-refractivity contribution in [2.45, 2.75) is 39.7 Å². The van der Waals surface area contributed by atoms with Crippen LogP contribution in [-0.4, -0.2) is 34.1 Å². The van der Waals surface area contributed by atoms with E-state index < -0.39 is 0 Å². The van der Waals surface area contributed by atoms with Crippen molar-refractivity contribution in [2.75, 3.05) is 18.0 Å². The van der Waals surface area contributed by atoms with Crippen LogP contribution in [0.5, 0.6) is 0 Å². The Kier molecular flexibility index (Phi) is 4.06. The van der Waals surface area contributed by atoms with Crippen molar-refractivity contribution in [3.8, 4) is 0 Å². The summed E-state index contributed by atoms with van der Waals surface area (Å²) in [7, 11) is 0. The molecule has 1 aliphatic rings. The SMILES string of the molecule is Cc1nn(C(C)C)c(N2CCC(C=O)CC2)c1[N+](=O)[O-]. The Bertz CT molecular complexity index is 516. The van der Waals surface area contributed by atoms with Crippen LogP contribution in [0.1, 0.15) is 38.4 Å². The summed E-state index contributed by atoms with van der Waals surface area (Å²) in [6, 6.07) is 0.0567. The lowest BCUT2D eigenvalue weighted by molar-refractivity contribution is -0.384. The minimum absolute atomic E-state index is 0.0567. The smallest absolute Gasteiger partial charge is 0.333 e. The van der Waals surface area contributed by atoms with Gasteiger partial charge in [0.1, 0.15) is 12.0 Å². The summed E-state index contributed by atoms with van der Waals surface area (Å²) < 4.78 is 1.72. The van der Waals surface area contributed by atoms with Gasteiger partial charge in [0.25, 0.3) is 0 Å². The lowest BCUT2D eigenvalue weighted by Gasteiger charge is -2.31. The van der Waals surface area contributed by atoms with Gasteiger partial charge in [-0.05, 0) is 33.6 Å². The molecule has 0 radical (unpaired) electrons. The van der Waals surface area contributed by atoms with Gasteiger partial charge in [-0.25, -0.2) is 4.68 Å². The van der Waals surface area contributed by atoms with E-state index in [-0.39, 0.29) is 22.6 Å².